The first-order valence-electron chi connectivity index (χ1n) is 10.6. The Morgan fingerprint density at radius 3 is 2.47 bits per heavy atom. The number of aryl methyl sites for hydroxylation is 1. The summed E-state index contributed by atoms with van der Waals surface area (Å²) in [4.78, 5) is 32.4. The number of hydrogen-bond donors (Lipinski definition) is 1. The SMILES string of the molecule is CCN1C(=O)COc2ccc(-c3nc(NC(=O)c4cc(OC)c(OC)c(OC)c4)sc3C)cc21. The van der Waals surface area contributed by atoms with Gasteiger partial charge >= 0.3 is 0 Å². The highest BCUT2D eigenvalue weighted by Gasteiger charge is 2.25. The van der Waals surface area contributed by atoms with Crippen molar-refractivity contribution >= 4 is 34.0 Å². The quantitative estimate of drug-likeness (QED) is 0.539. The molecule has 0 aliphatic carbocycles. The first kappa shape index (κ1) is 23.4. The third kappa shape index (κ3) is 4.24. The lowest BCUT2D eigenvalue weighted by Gasteiger charge is -2.28. The number of nitrogens with one attached hydrogen (secondary N) is 1. The Morgan fingerprint density at radius 2 is 1.85 bits per heavy atom. The van der Waals surface area contributed by atoms with E-state index in [1.807, 2.05) is 32.0 Å². The summed E-state index contributed by atoms with van der Waals surface area (Å²) in [5.74, 6) is 1.39. The van der Waals surface area contributed by atoms with Crippen LogP contribution in [0.3, 0.4) is 0 Å². The zero-order valence-electron chi connectivity index (χ0n) is 19.6. The highest BCUT2D eigenvalue weighted by Crippen LogP contribution is 2.40. The van der Waals surface area contributed by atoms with E-state index >= 15 is 0 Å². The normalized spacial score (nSPS) is 12.6. The molecular formula is C24H25N3O6S. The fourth-order valence-electron chi connectivity index (χ4n) is 3.80. The molecule has 34 heavy (non-hydrogen) atoms. The maximum atomic E-state index is 13.0. The molecule has 0 spiro atoms. The minimum atomic E-state index is -0.360. The predicted octanol–water partition coefficient (Wildman–Crippen LogP) is 4.14. The molecule has 2 aromatic carbocycles. The Hall–Kier alpha value is -3.79. The van der Waals surface area contributed by atoms with E-state index in [1.54, 1.807) is 17.0 Å². The Labute approximate surface area is 201 Å². The molecule has 1 aliphatic rings. The number of ether oxygens (including phenoxy) is 4. The molecule has 0 saturated heterocycles. The topological polar surface area (TPSA) is 99.2 Å². The van der Waals surface area contributed by atoms with Gasteiger partial charge in [-0.15, -0.1) is 11.3 Å². The summed E-state index contributed by atoms with van der Waals surface area (Å²) in [5, 5.41) is 3.29. The summed E-state index contributed by atoms with van der Waals surface area (Å²) in [6.45, 7) is 4.43. The van der Waals surface area contributed by atoms with E-state index in [9.17, 15) is 9.59 Å². The number of amides is 2. The molecule has 0 unspecified atom stereocenters. The summed E-state index contributed by atoms with van der Waals surface area (Å²) in [5.41, 5.74) is 2.61. The molecule has 0 atom stereocenters. The molecule has 0 bridgehead atoms. The second kappa shape index (κ2) is 9.60. The number of anilines is 2. The Morgan fingerprint density at radius 1 is 1.15 bits per heavy atom. The number of nitrogens with zero attached hydrogens (tertiary/aromatic N) is 2. The van der Waals surface area contributed by atoms with E-state index in [1.165, 1.54) is 32.7 Å². The maximum absolute atomic E-state index is 13.0. The van der Waals surface area contributed by atoms with Crippen LogP contribution in [-0.4, -0.2) is 51.3 Å². The number of thiazole rings is 1. The van der Waals surface area contributed by atoms with Crippen LogP contribution in [-0.2, 0) is 4.79 Å². The van der Waals surface area contributed by atoms with Gasteiger partial charge in [0.05, 0.1) is 32.7 Å². The fraction of sp³-hybridized carbons (Fsp3) is 0.292. The first-order valence-corrected chi connectivity index (χ1v) is 11.4. The molecule has 4 rings (SSSR count). The highest BCUT2D eigenvalue weighted by atomic mass is 32.1. The van der Waals surface area contributed by atoms with E-state index in [0.29, 0.717) is 45.9 Å². The summed E-state index contributed by atoms with van der Waals surface area (Å²) in [6.07, 6.45) is 0. The maximum Gasteiger partial charge on any atom is 0.265 e. The number of fused-ring (bicyclic) bond motifs is 1. The third-order valence-corrected chi connectivity index (χ3v) is 6.32. The third-order valence-electron chi connectivity index (χ3n) is 5.44. The molecular weight excluding hydrogens is 458 g/mol. The van der Waals surface area contributed by atoms with Crippen molar-refractivity contribution in [3.8, 4) is 34.3 Å². The largest absolute Gasteiger partial charge is 0.493 e. The van der Waals surface area contributed by atoms with Crippen LogP contribution in [0.2, 0.25) is 0 Å². The molecule has 1 aliphatic heterocycles. The van der Waals surface area contributed by atoms with Crippen molar-refractivity contribution < 1.29 is 28.5 Å². The number of methoxy groups -OCH3 is 3. The molecule has 178 valence electrons. The van der Waals surface area contributed by atoms with Crippen LogP contribution in [0.1, 0.15) is 22.2 Å². The smallest absolute Gasteiger partial charge is 0.265 e. The number of rotatable bonds is 7. The average molecular weight is 484 g/mol. The van der Waals surface area contributed by atoms with Gasteiger partial charge in [-0.05, 0) is 44.2 Å². The van der Waals surface area contributed by atoms with E-state index < -0.39 is 0 Å². The Balaban J connectivity index is 1.62. The van der Waals surface area contributed by atoms with Gasteiger partial charge < -0.3 is 23.8 Å². The summed E-state index contributed by atoms with van der Waals surface area (Å²) in [6, 6.07) is 8.79. The van der Waals surface area contributed by atoms with Crippen LogP contribution >= 0.6 is 11.3 Å². The van der Waals surface area contributed by atoms with E-state index in [0.717, 1.165) is 16.1 Å². The summed E-state index contributed by atoms with van der Waals surface area (Å²) < 4.78 is 21.5. The van der Waals surface area contributed by atoms with Crippen LogP contribution in [0, 0.1) is 6.92 Å². The van der Waals surface area contributed by atoms with Gasteiger partial charge in [0, 0.05) is 22.5 Å². The lowest BCUT2D eigenvalue weighted by Crippen LogP contribution is -2.38. The molecule has 1 aromatic heterocycles. The van der Waals surface area contributed by atoms with Gasteiger partial charge in [0.1, 0.15) is 5.75 Å². The number of aromatic nitrogens is 1. The number of carbonyl (C=O) groups is 2. The van der Waals surface area contributed by atoms with Gasteiger partial charge in [-0.3, -0.25) is 14.9 Å². The van der Waals surface area contributed by atoms with Gasteiger partial charge in [0.15, 0.2) is 23.2 Å². The van der Waals surface area contributed by atoms with E-state index in [2.05, 4.69) is 10.3 Å². The summed E-state index contributed by atoms with van der Waals surface area (Å²) in [7, 11) is 4.49. The molecule has 0 saturated carbocycles. The van der Waals surface area contributed by atoms with Crippen LogP contribution in [0.25, 0.3) is 11.3 Å². The van der Waals surface area contributed by atoms with Gasteiger partial charge in [0.25, 0.3) is 11.8 Å². The van der Waals surface area contributed by atoms with E-state index in [-0.39, 0.29) is 18.4 Å². The van der Waals surface area contributed by atoms with Crippen LogP contribution in [0.4, 0.5) is 10.8 Å². The van der Waals surface area contributed by atoms with Gasteiger partial charge in [-0.1, -0.05) is 0 Å². The molecule has 10 heteroatoms. The monoisotopic (exact) mass is 483 g/mol. The van der Waals surface area contributed by atoms with Crippen molar-refractivity contribution in [2.45, 2.75) is 13.8 Å². The molecule has 0 radical (unpaired) electrons. The van der Waals surface area contributed by atoms with Crippen molar-refractivity contribution in [1.82, 2.24) is 4.98 Å². The van der Waals surface area contributed by atoms with Crippen molar-refractivity contribution in [3.63, 3.8) is 0 Å². The molecule has 3 aromatic rings. The molecule has 0 fully saturated rings. The van der Waals surface area contributed by atoms with Gasteiger partial charge in [0.2, 0.25) is 5.75 Å². The van der Waals surface area contributed by atoms with Crippen molar-refractivity contribution in [1.29, 1.82) is 0 Å². The Bertz CT molecular complexity index is 1230. The zero-order chi connectivity index (χ0) is 24.4. The second-order valence-electron chi connectivity index (χ2n) is 7.40. The molecule has 2 amide bonds. The van der Waals surface area contributed by atoms with Crippen LogP contribution in [0.5, 0.6) is 23.0 Å². The standard InChI is InChI=1S/C24H25N3O6S/c1-6-27-16-9-14(7-8-17(16)33-12-20(27)28)21-13(2)34-24(25-21)26-23(29)15-10-18(30-3)22(32-5)19(11-15)31-4/h7-11H,6,12H2,1-5H3,(H,25,26,29). The number of carbonyl (C=O) groups excluding carboxylic acids is 2. The first-order chi connectivity index (χ1) is 16.4. The zero-order valence-corrected chi connectivity index (χ0v) is 20.4. The van der Waals surface area contributed by atoms with Gasteiger partial charge in [-0.2, -0.15) is 0 Å². The predicted molar refractivity (Wildman–Crippen MR) is 130 cm³/mol. The van der Waals surface area contributed by atoms with Crippen molar-refractivity contribution in [2.24, 2.45) is 0 Å². The number of likely N-dealkylation sites (N-methyl/N-ethyl adjacent to an activating group) is 1. The number of hydrogen-bond acceptors (Lipinski definition) is 8. The lowest BCUT2D eigenvalue weighted by atomic mass is 10.1. The Kier molecular flexibility index (Phi) is 6.60. The van der Waals surface area contributed by atoms with Crippen LogP contribution in [0.15, 0.2) is 30.3 Å². The minimum absolute atomic E-state index is 0.0347. The minimum Gasteiger partial charge on any atom is -0.493 e. The lowest BCUT2D eigenvalue weighted by molar-refractivity contribution is -0.121. The van der Waals surface area contributed by atoms with Crippen molar-refractivity contribution in [3.05, 3.63) is 40.8 Å². The van der Waals surface area contributed by atoms with Crippen molar-refractivity contribution in [2.75, 3.05) is 44.7 Å². The number of benzene rings is 2. The second-order valence-corrected chi connectivity index (χ2v) is 8.60. The molecule has 9 nitrogen and oxygen atoms in total. The molecule has 2 heterocycles. The van der Waals surface area contributed by atoms with E-state index in [4.69, 9.17) is 18.9 Å². The van der Waals surface area contributed by atoms with Gasteiger partial charge in [-0.25, -0.2) is 4.98 Å². The highest BCUT2D eigenvalue weighted by molar-refractivity contribution is 7.16. The fourth-order valence-corrected chi connectivity index (χ4v) is 4.63. The average Bonchev–Trinajstić information content (AvgIpc) is 3.22. The van der Waals surface area contributed by atoms with Crippen LogP contribution < -0.4 is 29.2 Å². The molecule has 1 N–H and O–H groups in total. The summed E-state index contributed by atoms with van der Waals surface area (Å²) >= 11 is 1.36.